The lowest BCUT2D eigenvalue weighted by Gasteiger charge is -2.03. The quantitative estimate of drug-likeness (QED) is 0.286. The van der Waals surface area contributed by atoms with Crippen molar-refractivity contribution in [2.45, 2.75) is 0 Å². The van der Waals surface area contributed by atoms with Crippen molar-refractivity contribution in [1.82, 2.24) is 4.98 Å². The van der Waals surface area contributed by atoms with Gasteiger partial charge in [0.1, 0.15) is 5.76 Å². The standard InChI is InChI=1S/C23H14BrN3O4S/c24-14-5-3-13(4-6-14)17-9-10-19(31-17)22(29)25-15-7-8-16-20(12-15)32-23(26-16)27-21(28)18-2-1-11-30-18/h1-12H,(H,25,29)(H,26,27,28). The lowest BCUT2D eigenvalue weighted by Crippen LogP contribution is -2.10. The van der Waals surface area contributed by atoms with Crippen LogP contribution in [0.15, 0.2) is 86.3 Å². The van der Waals surface area contributed by atoms with Crippen LogP contribution in [0.5, 0.6) is 0 Å². The number of hydrogen-bond donors (Lipinski definition) is 2. The highest BCUT2D eigenvalue weighted by molar-refractivity contribution is 9.10. The van der Waals surface area contributed by atoms with Crippen molar-refractivity contribution in [3.63, 3.8) is 0 Å². The second-order valence-corrected chi connectivity index (χ2v) is 8.70. The molecule has 0 aliphatic heterocycles. The molecular formula is C23H14BrN3O4S. The Bertz CT molecular complexity index is 1420. The highest BCUT2D eigenvalue weighted by Crippen LogP contribution is 2.29. The van der Waals surface area contributed by atoms with Crippen LogP contribution >= 0.6 is 27.3 Å². The third-order valence-corrected chi connectivity index (χ3v) is 6.03. The van der Waals surface area contributed by atoms with Gasteiger partial charge in [0.2, 0.25) is 0 Å². The molecule has 3 aromatic heterocycles. The molecule has 0 atom stereocenters. The molecule has 0 aliphatic carbocycles. The average molecular weight is 508 g/mol. The van der Waals surface area contributed by atoms with Gasteiger partial charge in [0.05, 0.1) is 16.5 Å². The highest BCUT2D eigenvalue weighted by atomic mass is 79.9. The minimum atomic E-state index is -0.373. The third kappa shape index (κ3) is 4.20. The molecule has 32 heavy (non-hydrogen) atoms. The number of amides is 2. The maximum Gasteiger partial charge on any atom is 0.293 e. The predicted octanol–water partition coefficient (Wildman–Crippen LogP) is 6.42. The van der Waals surface area contributed by atoms with Crippen molar-refractivity contribution >= 4 is 60.1 Å². The fourth-order valence-electron chi connectivity index (χ4n) is 3.04. The van der Waals surface area contributed by atoms with Crippen molar-refractivity contribution in [2.24, 2.45) is 0 Å². The zero-order valence-corrected chi connectivity index (χ0v) is 18.7. The van der Waals surface area contributed by atoms with Crippen LogP contribution in [-0.4, -0.2) is 16.8 Å². The first-order valence-electron chi connectivity index (χ1n) is 9.48. The smallest absolute Gasteiger partial charge is 0.293 e. The van der Waals surface area contributed by atoms with Gasteiger partial charge in [0.15, 0.2) is 16.7 Å². The lowest BCUT2D eigenvalue weighted by atomic mass is 10.2. The van der Waals surface area contributed by atoms with Crippen LogP contribution in [0.4, 0.5) is 10.8 Å². The summed E-state index contributed by atoms with van der Waals surface area (Å²) in [6.45, 7) is 0. The number of rotatable bonds is 5. The first-order valence-corrected chi connectivity index (χ1v) is 11.1. The summed E-state index contributed by atoms with van der Waals surface area (Å²) in [7, 11) is 0. The summed E-state index contributed by atoms with van der Waals surface area (Å²) in [5, 5.41) is 5.98. The van der Waals surface area contributed by atoms with E-state index in [-0.39, 0.29) is 23.3 Å². The van der Waals surface area contributed by atoms with Crippen LogP contribution in [0.3, 0.4) is 0 Å². The van der Waals surface area contributed by atoms with Gasteiger partial charge >= 0.3 is 0 Å². The average Bonchev–Trinajstić information content (AvgIpc) is 3.54. The molecule has 0 saturated heterocycles. The van der Waals surface area contributed by atoms with Gasteiger partial charge in [-0.2, -0.15) is 0 Å². The van der Waals surface area contributed by atoms with Crippen LogP contribution in [0.1, 0.15) is 21.1 Å². The number of hydrogen-bond acceptors (Lipinski definition) is 6. The molecule has 158 valence electrons. The Morgan fingerprint density at radius 1 is 0.906 bits per heavy atom. The van der Waals surface area contributed by atoms with Gasteiger partial charge in [-0.25, -0.2) is 4.98 Å². The van der Waals surface area contributed by atoms with Crippen LogP contribution in [-0.2, 0) is 0 Å². The molecule has 2 aromatic carbocycles. The van der Waals surface area contributed by atoms with Crippen molar-refractivity contribution < 1.29 is 18.4 Å². The third-order valence-electron chi connectivity index (χ3n) is 4.57. The molecule has 0 spiro atoms. The van der Waals surface area contributed by atoms with E-state index in [9.17, 15) is 9.59 Å². The first-order chi connectivity index (χ1) is 15.5. The number of anilines is 2. The molecule has 9 heteroatoms. The van der Waals surface area contributed by atoms with Crippen molar-refractivity contribution in [3.8, 4) is 11.3 Å². The summed E-state index contributed by atoms with van der Waals surface area (Å²) in [5.41, 5.74) is 2.18. The Kier molecular flexibility index (Phi) is 5.34. The van der Waals surface area contributed by atoms with Crippen molar-refractivity contribution in [2.75, 3.05) is 10.6 Å². The van der Waals surface area contributed by atoms with E-state index in [0.717, 1.165) is 14.7 Å². The second-order valence-electron chi connectivity index (χ2n) is 6.76. The van der Waals surface area contributed by atoms with E-state index in [1.165, 1.54) is 17.6 Å². The van der Waals surface area contributed by atoms with E-state index in [1.807, 2.05) is 24.3 Å². The second kappa shape index (κ2) is 8.45. The van der Waals surface area contributed by atoms with E-state index >= 15 is 0 Å². The molecule has 0 radical (unpaired) electrons. The molecule has 0 fully saturated rings. The van der Waals surface area contributed by atoms with Gasteiger partial charge in [-0.05, 0) is 54.6 Å². The highest BCUT2D eigenvalue weighted by Gasteiger charge is 2.15. The van der Waals surface area contributed by atoms with Gasteiger partial charge in [0.25, 0.3) is 11.8 Å². The molecule has 0 unspecified atom stereocenters. The van der Waals surface area contributed by atoms with E-state index in [1.54, 1.807) is 42.5 Å². The van der Waals surface area contributed by atoms with E-state index in [4.69, 9.17) is 8.83 Å². The number of carbonyl (C=O) groups is 2. The maximum absolute atomic E-state index is 12.6. The van der Waals surface area contributed by atoms with Gasteiger partial charge < -0.3 is 14.2 Å². The monoisotopic (exact) mass is 507 g/mol. The maximum atomic E-state index is 12.6. The minimum absolute atomic E-state index is 0.207. The Morgan fingerprint density at radius 2 is 1.72 bits per heavy atom. The predicted molar refractivity (Wildman–Crippen MR) is 126 cm³/mol. The fourth-order valence-corrected chi connectivity index (χ4v) is 4.21. The van der Waals surface area contributed by atoms with Crippen LogP contribution in [0, 0.1) is 0 Å². The minimum Gasteiger partial charge on any atom is -0.459 e. The topological polar surface area (TPSA) is 97.4 Å². The summed E-state index contributed by atoms with van der Waals surface area (Å²) >= 11 is 4.70. The molecule has 0 saturated carbocycles. The summed E-state index contributed by atoms with van der Waals surface area (Å²) in [4.78, 5) is 29.2. The number of carbonyl (C=O) groups excluding carboxylic acids is 2. The fraction of sp³-hybridized carbons (Fsp3) is 0. The van der Waals surface area contributed by atoms with Crippen molar-refractivity contribution in [1.29, 1.82) is 0 Å². The Labute approximate surface area is 194 Å². The van der Waals surface area contributed by atoms with E-state index in [0.29, 0.717) is 22.1 Å². The number of aromatic nitrogens is 1. The zero-order chi connectivity index (χ0) is 22.1. The lowest BCUT2D eigenvalue weighted by molar-refractivity contribution is 0.0989. The number of fused-ring (bicyclic) bond motifs is 1. The Hall–Kier alpha value is -3.69. The van der Waals surface area contributed by atoms with Crippen LogP contribution in [0.25, 0.3) is 21.5 Å². The molecule has 0 aliphatic rings. The van der Waals surface area contributed by atoms with E-state index < -0.39 is 0 Å². The number of benzene rings is 2. The first kappa shape index (κ1) is 20.2. The molecule has 3 heterocycles. The van der Waals surface area contributed by atoms with Crippen LogP contribution in [0.2, 0.25) is 0 Å². The summed E-state index contributed by atoms with van der Waals surface area (Å²) in [5.74, 6) is 0.292. The SMILES string of the molecule is O=C(Nc1nc2ccc(NC(=O)c3ccc(-c4ccc(Br)cc4)o3)cc2s1)c1ccco1. The molecule has 7 nitrogen and oxygen atoms in total. The molecule has 2 amide bonds. The number of thiazole rings is 1. The largest absolute Gasteiger partial charge is 0.459 e. The normalized spacial score (nSPS) is 10.9. The molecular weight excluding hydrogens is 494 g/mol. The molecule has 2 N–H and O–H groups in total. The summed E-state index contributed by atoms with van der Waals surface area (Å²) < 4.78 is 12.6. The van der Waals surface area contributed by atoms with Gasteiger partial charge in [-0.3, -0.25) is 14.9 Å². The summed E-state index contributed by atoms with van der Waals surface area (Å²) in [6.07, 6.45) is 1.43. The van der Waals surface area contributed by atoms with Gasteiger partial charge in [-0.1, -0.05) is 39.4 Å². The summed E-state index contributed by atoms with van der Waals surface area (Å²) in [6, 6.07) is 19.6. The Balaban J connectivity index is 1.30. The molecule has 5 rings (SSSR count). The van der Waals surface area contributed by atoms with Gasteiger partial charge in [-0.15, -0.1) is 0 Å². The molecule has 5 aromatic rings. The number of nitrogens with one attached hydrogen (secondary N) is 2. The van der Waals surface area contributed by atoms with Crippen molar-refractivity contribution in [3.05, 3.63) is 89.0 Å². The number of halogens is 1. The zero-order valence-electron chi connectivity index (χ0n) is 16.3. The number of furan rings is 2. The number of nitrogens with zero attached hydrogens (tertiary/aromatic N) is 1. The Morgan fingerprint density at radius 3 is 2.50 bits per heavy atom. The van der Waals surface area contributed by atoms with Crippen LogP contribution < -0.4 is 10.6 Å². The van der Waals surface area contributed by atoms with E-state index in [2.05, 4.69) is 31.5 Å². The molecule has 0 bridgehead atoms. The van der Waals surface area contributed by atoms with Gasteiger partial charge in [0, 0.05) is 15.7 Å².